The first-order valence-electron chi connectivity index (χ1n) is 4.74. The summed E-state index contributed by atoms with van der Waals surface area (Å²) in [5, 5.41) is 10.3. The van der Waals surface area contributed by atoms with Crippen LogP contribution in [0.2, 0.25) is 0 Å². The Morgan fingerprint density at radius 1 is 1.28 bits per heavy atom. The smallest absolute Gasteiger partial charge is 0.241 e. The lowest BCUT2D eigenvalue weighted by molar-refractivity contribution is -0.113. The standard InChI is InChI=1S/C10H6ClF2N3OS/c11-4-8(17)14-10-16-15-9(18-10)5-1-6(12)3-7(13)2-5/h1-3H,4H2,(H,14,16,17). The van der Waals surface area contributed by atoms with Gasteiger partial charge in [-0.25, -0.2) is 8.78 Å². The Morgan fingerprint density at radius 3 is 2.56 bits per heavy atom. The van der Waals surface area contributed by atoms with E-state index in [2.05, 4.69) is 15.5 Å². The molecule has 1 aromatic carbocycles. The fourth-order valence-electron chi connectivity index (χ4n) is 1.22. The Bertz CT molecular complexity index is 570. The number of rotatable bonds is 3. The number of amides is 1. The Hall–Kier alpha value is -1.60. The van der Waals surface area contributed by atoms with Crippen LogP contribution in [0.1, 0.15) is 0 Å². The Balaban J connectivity index is 2.26. The fraction of sp³-hybridized carbons (Fsp3) is 0.100. The molecule has 0 aliphatic rings. The number of anilines is 1. The van der Waals surface area contributed by atoms with E-state index in [-0.39, 0.29) is 16.6 Å². The monoisotopic (exact) mass is 289 g/mol. The zero-order valence-corrected chi connectivity index (χ0v) is 10.4. The topological polar surface area (TPSA) is 54.9 Å². The van der Waals surface area contributed by atoms with Crippen molar-refractivity contribution in [3.8, 4) is 10.6 Å². The molecule has 0 saturated carbocycles. The number of alkyl halides is 1. The van der Waals surface area contributed by atoms with Crippen molar-refractivity contribution in [3.05, 3.63) is 29.8 Å². The quantitative estimate of drug-likeness (QED) is 0.884. The number of hydrogen-bond donors (Lipinski definition) is 1. The van der Waals surface area contributed by atoms with Crippen LogP contribution in [0.5, 0.6) is 0 Å². The molecule has 4 nitrogen and oxygen atoms in total. The second kappa shape index (κ2) is 5.36. The number of aromatic nitrogens is 2. The first-order chi connectivity index (χ1) is 8.58. The molecule has 1 N–H and O–H groups in total. The van der Waals surface area contributed by atoms with Gasteiger partial charge < -0.3 is 0 Å². The van der Waals surface area contributed by atoms with Gasteiger partial charge in [0.05, 0.1) is 0 Å². The Labute approximate surface area is 110 Å². The summed E-state index contributed by atoms with van der Waals surface area (Å²) in [7, 11) is 0. The molecule has 0 saturated heterocycles. The molecule has 0 unspecified atom stereocenters. The van der Waals surface area contributed by atoms with Crippen molar-refractivity contribution in [2.24, 2.45) is 0 Å². The van der Waals surface area contributed by atoms with E-state index in [0.717, 1.165) is 29.5 Å². The number of nitrogens with zero attached hydrogens (tertiary/aromatic N) is 2. The van der Waals surface area contributed by atoms with Crippen molar-refractivity contribution in [2.75, 3.05) is 11.2 Å². The number of carbonyl (C=O) groups excluding carboxylic acids is 1. The second-order valence-electron chi connectivity index (χ2n) is 3.25. The van der Waals surface area contributed by atoms with Gasteiger partial charge in [-0.05, 0) is 12.1 Å². The molecule has 0 atom stereocenters. The molecule has 0 aliphatic carbocycles. The first kappa shape index (κ1) is 12.8. The van der Waals surface area contributed by atoms with Crippen LogP contribution in [0.4, 0.5) is 13.9 Å². The predicted molar refractivity (Wildman–Crippen MR) is 64.6 cm³/mol. The van der Waals surface area contributed by atoms with Crippen LogP contribution < -0.4 is 5.32 Å². The number of benzene rings is 1. The third-order valence-corrected chi connectivity index (χ3v) is 3.03. The van der Waals surface area contributed by atoms with E-state index in [1.807, 2.05) is 0 Å². The number of nitrogens with one attached hydrogen (secondary N) is 1. The predicted octanol–water partition coefficient (Wildman–Crippen LogP) is 2.66. The highest BCUT2D eigenvalue weighted by Gasteiger charge is 2.10. The van der Waals surface area contributed by atoms with Gasteiger partial charge in [0.1, 0.15) is 22.5 Å². The van der Waals surface area contributed by atoms with E-state index in [1.54, 1.807) is 0 Å². The minimum Gasteiger partial charge on any atom is -0.299 e. The zero-order chi connectivity index (χ0) is 13.1. The summed E-state index contributed by atoms with van der Waals surface area (Å²) in [6.45, 7) is 0. The lowest BCUT2D eigenvalue weighted by Crippen LogP contribution is -2.12. The molecule has 18 heavy (non-hydrogen) atoms. The third kappa shape index (κ3) is 2.99. The fourth-order valence-corrected chi connectivity index (χ4v) is 2.03. The molecular formula is C10H6ClF2N3OS. The maximum absolute atomic E-state index is 13.0. The Kier molecular flexibility index (Phi) is 3.83. The molecule has 2 aromatic rings. The first-order valence-corrected chi connectivity index (χ1v) is 6.09. The zero-order valence-electron chi connectivity index (χ0n) is 8.78. The van der Waals surface area contributed by atoms with Crippen molar-refractivity contribution in [1.82, 2.24) is 10.2 Å². The minimum atomic E-state index is -0.702. The molecule has 0 spiro atoms. The molecule has 1 amide bonds. The largest absolute Gasteiger partial charge is 0.299 e. The average molecular weight is 290 g/mol. The maximum atomic E-state index is 13.0. The summed E-state index contributed by atoms with van der Waals surface area (Å²) < 4.78 is 26.0. The van der Waals surface area contributed by atoms with Crippen LogP contribution in [0.25, 0.3) is 10.6 Å². The van der Waals surface area contributed by atoms with E-state index in [4.69, 9.17) is 11.6 Å². The summed E-state index contributed by atoms with van der Waals surface area (Å²) in [5.74, 6) is -2.04. The van der Waals surface area contributed by atoms with Crippen LogP contribution in [0, 0.1) is 11.6 Å². The average Bonchev–Trinajstić information content (AvgIpc) is 2.76. The normalized spacial score (nSPS) is 10.4. The lowest BCUT2D eigenvalue weighted by atomic mass is 10.2. The van der Waals surface area contributed by atoms with Crippen molar-refractivity contribution >= 4 is 34.0 Å². The summed E-state index contributed by atoms with van der Waals surface area (Å²) in [4.78, 5) is 11.0. The van der Waals surface area contributed by atoms with Gasteiger partial charge in [0, 0.05) is 11.6 Å². The van der Waals surface area contributed by atoms with Gasteiger partial charge in [-0.15, -0.1) is 21.8 Å². The lowest BCUT2D eigenvalue weighted by Gasteiger charge is -1.96. The summed E-state index contributed by atoms with van der Waals surface area (Å²) in [5.41, 5.74) is 0.261. The van der Waals surface area contributed by atoms with E-state index >= 15 is 0 Å². The van der Waals surface area contributed by atoms with Crippen molar-refractivity contribution in [1.29, 1.82) is 0 Å². The van der Waals surface area contributed by atoms with Crippen LogP contribution in [0.3, 0.4) is 0 Å². The number of carbonyl (C=O) groups is 1. The van der Waals surface area contributed by atoms with Crippen LogP contribution >= 0.6 is 22.9 Å². The summed E-state index contributed by atoms with van der Waals surface area (Å²) >= 11 is 6.31. The molecule has 1 heterocycles. The van der Waals surface area contributed by atoms with E-state index in [0.29, 0.717) is 5.01 Å². The molecule has 0 radical (unpaired) electrons. The highest BCUT2D eigenvalue weighted by atomic mass is 35.5. The van der Waals surface area contributed by atoms with Gasteiger partial charge in [0.15, 0.2) is 0 Å². The van der Waals surface area contributed by atoms with Gasteiger partial charge >= 0.3 is 0 Å². The van der Waals surface area contributed by atoms with Gasteiger partial charge in [-0.3, -0.25) is 10.1 Å². The van der Waals surface area contributed by atoms with Crippen molar-refractivity contribution in [2.45, 2.75) is 0 Å². The van der Waals surface area contributed by atoms with Gasteiger partial charge in [0.2, 0.25) is 11.0 Å². The molecule has 8 heteroatoms. The van der Waals surface area contributed by atoms with Gasteiger partial charge in [-0.1, -0.05) is 11.3 Å². The van der Waals surface area contributed by atoms with Gasteiger partial charge in [-0.2, -0.15) is 0 Å². The highest BCUT2D eigenvalue weighted by Crippen LogP contribution is 2.27. The molecule has 94 valence electrons. The Morgan fingerprint density at radius 2 is 1.94 bits per heavy atom. The number of hydrogen-bond acceptors (Lipinski definition) is 4. The summed E-state index contributed by atoms with van der Waals surface area (Å²) in [6, 6.07) is 3.04. The number of halogens is 3. The molecule has 0 bridgehead atoms. The third-order valence-electron chi connectivity index (χ3n) is 1.90. The molecular weight excluding hydrogens is 284 g/mol. The SMILES string of the molecule is O=C(CCl)Nc1nnc(-c2cc(F)cc(F)c2)s1. The van der Waals surface area contributed by atoms with E-state index < -0.39 is 17.5 Å². The van der Waals surface area contributed by atoms with Crippen LogP contribution in [-0.4, -0.2) is 22.0 Å². The second-order valence-corrected chi connectivity index (χ2v) is 4.50. The van der Waals surface area contributed by atoms with E-state index in [9.17, 15) is 13.6 Å². The van der Waals surface area contributed by atoms with Crippen LogP contribution in [0.15, 0.2) is 18.2 Å². The minimum absolute atomic E-state index is 0.205. The highest BCUT2D eigenvalue weighted by molar-refractivity contribution is 7.18. The van der Waals surface area contributed by atoms with Crippen molar-refractivity contribution in [3.63, 3.8) is 0 Å². The van der Waals surface area contributed by atoms with Crippen LogP contribution in [-0.2, 0) is 4.79 Å². The molecule has 2 rings (SSSR count). The molecule has 0 aliphatic heterocycles. The van der Waals surface area contributed by atoms with Crippen molar-refractivity contribution < 1.29 is 13.6 Å². The van der Waals surface area contributed by atoms with Gasteiger partial charge in [0.25, 0.3) is 0 Å². The molecule has 1 aromatic heterocycles. The summed E-state index contributed by atoms with van der Waals surface area (Å²) in [6.07, 6.45) is 0. The maximum Gasteiger partial charge on any atom is 0.241 e. The molecule has 0 fully saturated rings. The van der Waals surface area contributed by atoms with E-state index in [1.165, 1.54) is 0 Å².